The van der Waals surface area contributed by atoms with Gasteiger partial charge in [-0.05, 0) is 12.5 Å². The Morgan fingerprint density at radius 2 is 2.00 bits per heavy atom. The van der Waals surface area contributed by atoms with Gasteiger partial charge in [0.15, 0.2) is 0 Å². The van der Waals surface area contributed by atoms with Gasteiger partial charge in [0.25, 0.3) is 0 Å². The SMILES string of the molecule is CN1C(=O)CC[C@H](C(=O)Nc2ccn3ccnc3c2)[C@H]1c1nccn1C. The molecule has 1 saturated heterocycles. The number of nitrogens with zero attached hydrogens (tertiary/aromatic N) is 5. The van der Waals surface area contributed by atoms with Crippen LogP contribution in [0.2, 0.25) is 0 Å². The number of amides is 2. The third-order valence-electron chi connectivity index (χ3n) is 4.99. The molecule has 3 aromatic rings. The number of likely N-dealkylation sites (tertiary alicyclic amines) is 1. The highest BCUT2D eigenvalue weighted by atomic mass is 16.2. The minimum absolute atomic E-state index is 0.0286. The van der Waals surface area contributed by atoms with E-state index in [2.05, 4.69) is 15.3 Å². The summed E-state index contributed by atoms with van der Waals surface area (Å²) in [6.07, 6.45) is 9.77. The summed E-state index contributed by atoms with van der Waals surface area (Å²) < 4.78 is 3.73. The van der Waals surface area contributed by atoms with E-state index >= 15 is 0 Å². The minimum Gasteiger partial charge on any atom is -0.336 e. The molecule has 2 amide bonds. The molecule has 0 unspecified atom stereocenters. The van der Waals surface area contributed by atoms with Crippen LogP contribution in [0.4, 0.5) is 5.69 Å². The molecular weight excluding hydrogens is 332 g/mol. The fraction of sp³-hybridized carbons (Fsp3) is 0.333. The van der Waals surface area contributed by atoms with Crippen LogP contribution in [0.25, 0.3) is 5.65 Å². The van der Waals surface area contributed by atoms with Crippen molar-refractivity contribution < 1.29 is 9.59 Å². The van der Waals surface area contributed by atoms with Gasteiger partial charge in [-0.15, -0.1) is 0 Å². The fourth-order valence-corrected chi connectivity index (χ4v) is 3.55. The van der Waals surface area contributed by atoms with Crippen LogP contribution in [0, 0.1) is 5.92 Å². The Morgan fingerprint density at radius 1 is 1.19 bits per heavy atom. The summed E-state index contributed by atoms with van der Waals surface area (Å²) in [5.74, 6) is 0.258. The van der Waals surface area contributed by atoms with E-state index < -0.39 is 0 Å². The number of piperidine rings is 1. The zero-order valence-electron chi connectivity index (χ0n) is 14.7. The maximum absolute atomic E-state index is 13.0. The summed E-state index contributed by atoms with van der Waals surface area (Å²) in [6, 6.07) is 3.28. The first kappa shape index (κ1) is 16.3. The van der Waals surface area contributed by atoms with Crippen LogP contribution in [-0.4, -0.2) is 42.7 Å². The molecule has 8 nitrogen and oxygen atoms in total. The molecule has 8 heteroatoms. The Kier molecular flexibility index (Phi) is 3.95. The van der Waals surface area contributed by atoms with Gasteiger partial charge in [-0.25, -0.2) is 9.97 Å². The Labute approximate surface area is 150 Å². The quantitative estimate of drug-likeness (QED) is 0.776. The number of rotatable bonds is 3. The number of aromatic nitrogens is 4. The van der Waals surface area contributed by atoms with E-state index in [1.165, 1.54) is 0 Å². The third-order valence-corrected chi connectivity index (χ3v) is 4.99. The topological polar surface area (TPSA) is 84.5 Å². The van der Waals surface area contributed by atoms with Gasteiger partial charge in [0.05, 0.1) is 5.92 Å². The third kappa shape index (κ3) is 2.73. The van der Waals surface area contributed by atoms with E-state index in [9.17, 15) is 9.59 Å². The Bertz CT molecular complexity index is 975. The van der Waals surface area contributed by atoms with Gasteiger partial charge in [0.2, 0.25) is 11.8 Å². The largest absolute Gasteiger partial charge is 0.336 e. The molecule has 134 valence electrons. The number of carbonyl (C=O) groups excluding carboxylic acids is 2. The summed E-state index contributed by atoms with van der Waals surface area (Å²) in [7, 11) is 3.61. The van der Waals surface area contributed by atoms with Crippen molar-refractivity contribution in [2.75, 3.05) is 12.4 Å². The van der Waals surface area contributed by atoms with Gasteiger partial charge in [-0.2, -0.15) is 0 Å². The minimum atomic E-state index is -0.383. The van der Waals surface area contributed by atoms with E-state index in [1.54, 1.807) is 24.3 Å². The molecule has 0 radical (unpaired) electrons. The van der Waals surface area contributed by atoms with Gasteiger partial charge in [0.1, 0.15) is 17.5 Å². The summed E-state index contributed by atoms with van der Waals surface area (Å²) in [5, 5.41) is 2.97. The summed E-state index contributed by atoms with van der Waals surface area (Å²) >= 11 is 0. The van der Waals surface area contributed by atoms with Crippen molar-refractivity contribution in [2.45, 2.75) is 18.9 Å². The lowest BCUT2D eigenvalue weighted by molar-refractivity contribution is -0.140. The second-order valence-corrected chi connectivity index (χ2v) is 6.59. The van der Waals surface area contributed by atoms with E-state index in [0.29, 0.717) is 24.4 Å². The predicted octanol–water partition coefficient (Wildman–Crippen LogP) is 1.62. The van der Waals surface area contributed by atoms with E-state index in [1.807, 2.05) is 46.7 Å². The first-order valence-corrected chi connectivity index (χ1v) is 8.51. The van der Waals surface area contributed by atoms with Crippen LogP contribution in [0.3, 0.4) is 0 Å². The van der Waals surface area contributed by atoms with Gasteiger partial charge >= 0.3 is 0 Å². The lowest BCUT2D eigenvalue weighted by Gasteiger charge is -2.37. The van der Waals surface area contributed by atoms with E-state index in [0.717, 1.165) is 5.65 Å². The Morgan fingerprint density at radius 3 is 2.77 bits per heavy atom. The molecule has 2 atom stereocenters. The molecule has 3 aromatic heterocycles. The number of fused-ring (bicyclic) bond motifs is 1. The standard InChI is InChI=1S/C18H20N6O2/c1-22-9-6-20-17(22)16-13(3-4-15(25)23(16)2)18(26)21-12-5-8-24-10-7-19-14(24)11-12/h5-11,13,16H,3-4H2,1-2H3,(H,21,26)/t13-,16-/m0/s1. The summed E-state index contributed by atoms with van der Waals surface area (Å²) in [6.45, 7) is 0. The molecular formula is C18H20N6O2. The average Bonchev–Trinajstić information content (AvgIpc) is 3.25. The van der Waals surface area contributed by atoms with Crippen LogP contribution >= 0.6 is 0 Å². The zero-order chi connectivity index (χ0) is 18.3. The van der Waals surface area contributed by atoms with Gasteiger partial charge < -0.3 is 19.2 Å². The maximum atomic E-state index is 13.0. The van der Waals surface area contributed by atoms with Crippen LogP contribution in [0.5, 0.6) is 0 Å². The van der Waals surface area contributed by atoms with E-state index in [4.69, 9.17) is 0 Å². The van der Waals surface area contributed by atoms with Crippen LogP contribution in [-0.2, 0) is 16.6 Å². The highest BCUT2D eigenvalue weighted by Gasteiger charge is 2.40. The number of nitrogens with one attached hydrogen (secondary N) is 1. The van der Waals surface area contributed by atoms with Crippen LogP contribution in [0.15, 0.2) is 43.1 Å². The normalized spacial score (nSPS) is 20.5. The molecule has 0 aromatic carbocycles. The summed E-state index contributed by atoms with van der Waals surface area (Å²) in [4.78, 5) is 35.4. The lowest BCUT2D eigenvalue weighted by atomic mass is 9.87. The molecule has 0 spiro atoms. The molecule has 1 fully saturated rings. The van der Waals surface area contributed by atoms with Crippen molar-refractivity contribution in [1.29, 1.82) is 0 Å². The second-order valence-electron chi connectivity index (χ2n) is 6.59. The van der Waals surface area contributed by atoms with Crippen molar-refractivity contribution in [1.82, 2.24) is 23.8 Å². The van der Waals surface area contributed by atoms with Crippen LogP contribution < -0.4 is 5.32 Å². The highest BCUT2D eigenvalue weighted by molar-refractivity contribution is 5.95. The number of hydrogen-bond donors (Lipinski definition) is 1. The molecule has 0 aliphatic carbocycles. The predicted molar refractivity (Wildman–Crippen MR) is 95.3 cm³/mol. The maximum Gasteiger partial charge on any atom is 0.230 e. The zero-order valence-corrected chi connectivity index (χ0v) is 14.7. The first-order chi connectivity index (χ1) is 12.5. The van der Waals surface area contributed by atoms with Crippen LogP contribution in [0.1, 0.15) is 24.7 Å². The van der Waals surface area contributed by atoms with Crippen molar-refractivity contribution >= 4 is 23.1 Å². The van der Waals surface area contributed by atoms with Crippen molar-refractivity contribution in [3.8, 4) is 0 Å². The molecule has 1 aliphatic rings. The summed E-state index contributed by atoms with van der Waals surface area (Å²) in [5.41, 5.74) is 1.45. The smallest absolute Gasteiger partial charge is 0.230 e. The number of aryl methyl sites for hydroxylation is 1. The Hall–Kier alpha value is -3.16. The number of anilines is 1. The number of imidazole rings is 2. The van der Waals surface area contributed by atoms with Gasteiger partial charge in [-0.1, -0.05) is 0 Å². The van der Waals surface area contributed by atoms with Gasteiger partial charge in [0, 0.05) is 63.3 Å². The molecule has 26 heavy (non-hydrogen) atoms. The molecule has 0 bridgehead atoms. The molecule has 1 N–H and O–H groups in total. The fourth-order valence-electron chi connectivity index (χ4n) is 3.55. The average molecular weight is 352 g/mol. The van der Waals surface area contributed by atoms with E-state index in [-0.39, 0.29) is 23.8 Å². The Balaban J connectivity index is 1.62. The number of carbonyl (C=O) groups is 2. The number of pyridine rings is 1. The number of hydrogen-bond acceptors (Lipinski definition) is 4. The second kappa shape index (κ2) is 6.29. The molecule has 1 aliphatic heterocycles. The van der Waals surface area contributed by atoms with Crippen molar-refractivity contribution in [3.63, 3.8) is 0 Å². The van der Waals surface area contributed by atoms with Crippen molar-refractivity contribution in [2.24, 2.45) is 13.0 Å². The molecule has 4 rings (SSSR count). The van der Waals surface area contributed by atoms with Crippen molar-refractivity contribution in [3.05, 3.63) is 48.9 Å². The van der Waals surface area contributed by atoms with Gasteiger partial charge in [-0.3, -0.25) is 9.59 Å². The monoisotopic (exact) mass is 352 g/mol. The molecule has 0 saturated carbocycles. The molecule has 4 heterocycles. The lowest BCUT2D eigenvalue weighted by Crippen LogP contribution is -2.45. The first-order valence-electron chi connectivity index (χ1n) is 8.51. The highest BCUT2D eigenvalue weighted by Crippen LogP contribution is 2.35.